The van der Waals surface area contributed by atoms with Crippen molar-refractivity contribution < 1.29 is 18.6 Å². The first-order valence-corrected chi connectivity index (χ1v) is 10.6. The van der Waals surface area contributed by atoms with Gasteiger partial charge >= 0.3 is 0 Å². The summed E-state index contributed by atoms with van der Waals surface area (Å²) in [6.07, 6.45) is 0. The van der Waals surface area contributed by atoms with Gasteiger partial charge in [-0.1, -0.05) is 0 Å². The average molecular weight is 434 g/mol. The van der Waals surface area contributed by atoms with Crippen LogP contribution in [0.15, 0.2) is 52.9 Å². The molecule has 2 heterocycles. The summed E-state index contributed by atoms with van der Waals surface area (Å²) in [6.45, 7) is 5.80. The summed E-state index contributed by atoms with van der Waals surface area (Å²) in [5, 5.41) is 9.53. The molecule has 2 aromatic carbocycles. The molecule has 8 heteroatoms. The number of aromatic nitrogens is 1. The van der Waals surface area contributed by atoms with Crippen LogP contribution >= 0.6 is 0 Å². The van der Waals surface area contributed by atoms with Gasteiger partial charge in [0, 0.05) is 31.9 Å². The van der Waals surface area contributed by atoms with Gasteiger partial charge in [-0.05, 0) is 55.5 Å². The Labute approximate surface area is 187 Å². The van der Waals surface area contributed by atoms with Crippen LogP contribution in [0.25, 0.3) is 0 Å². The highest BCUT2D eigenvalue weighted by molar-refractivity contribution is 5.53. The SMILES string of the molecule is CCOc1ccc(OCc2nc(C#N)c(N3CCN(c4ccc(OC)cc4)CC3)o2)cc1. The zero-order chi connectivity index (χ0) is 22.3. The van der Waals surface area contributed by atoms with Crippen LogP contribution in [0.2, 0.25) is 0 Å². The van der Waals surface area contributed by atoms with Crippen molar-refractivity contribution in [1.29, 1.82) is 5.26 Å². The minimum atomic E-state index is 0.147. The number of oxazole rings is 1. The van der Waals surface area contributed by atoms with E-state index in [2.05, 4.69) is 33.0 Å². The van der Waals surface area contributed by atoms with Crippen molar-refractivity contribution in [1.82, 2.24) is 4.98 Å². The monoisotopic (exact) mass is 434 g/mol. The van der Waals surface area contributed by atoms with E-state index in [1.807, 2.05) is 43.3 Å². The lowest BCUT2D eigenvalue weighted by atomic mass is 10.2. The molecule has 0 spiro atoms. The summed E-state index contributed by atoms with van der Waals surface area (Å²) in [6, 6.07) is 17.5. The number of methoxy groups -OCH3 is 1. The molecule has 1 fully saturated rings. The summed E-state index contributed by atoms with van der Waals surface area (Å²) in [7, 11) is 1.66. The molecule has 166 valence electrons. The van der Waals surface area contributed by atoms with Crippen molar-refractivity contribution in [2.75, 3.05) is 49.7 Å². The summed E-state index contributed by atoms with van der Waals surface area (Å²) in [5.74, 6) is 3.20. The Morgan fingerprint density at radius 3 is 2.09 bits per heavy atom. The zero-order valence-electron chi connectivity index (χ0n) is 18.3. The summed E-state index contributed by atoms with van der Waals surface area (Å²) >= 11 is 0. The van der Waals surface area contributed by atoms with E-state index in [1.54, 1.807) is 7.11 Å². The Kier molecular flexibility index (Phi) is 6.66. The molecule has 3 aromatic rings. The van der Waals surface area contributed by atoms with Gasteiger partial charge in [0.15, 0.2) is 6.61 Å². The molecule has 0 amide bonds. The highest BCUT2D eigenvalue weighted by Gasteiger charge is 2.24. The molecular formula is C24H26N4O4. The van der Waals surface area contributed by atoms with Crippen LogP contribution in [-0.4, -0.2) is 44.9 Å². The predicted octanol–water partition coefficient (Wildman–Crippen LogP) is 3.86. The van der Waals surface area contributed by atoms with Gasteiger partial charge in [-0.2, -0.15) is 10.2 Å². The van der Waals surface area contributed by atoms with Gasteiger partial charge in [0.1, 0.15) is 23.3 Å². The van der Waals surface area contributed by atoms with Crippen molar-refractivity contribution in [3.05, 3.63) is 60.1 Å². The molecule has 32 heavy (non-hydrogen) atoms. The Balaban J connectivity index is 1.36. The first-order chi connectivity index (χ1) is 15.7. The van der Waals surface area contributed by atoms with Crippen LogP contribution in [0.4, 0.5) is 11.6 Å². The molecule has 1 aliphatic rings. The summed E-state index contributed by atoms with van der Waals surface area (Å²) in [5.41, 5.74) is 1.43. The minimum absolute atomic E-state index is 0.147. The van der Waals surface area contributed by atoms with Gasteiger partial charge in [-0.3, -0.25) is 0 Å². The second-order valence-corrected chi connectivity index (χ2v) is 7.24. The van der Waals surface area contributed by atoms with Gasteiger partial charge in [0.05, 0.1) is 13.7 Å². The number of piperazine rings is 1. The van der Waals surface area contributed by atoms with Gasteiger partial charge in [0.2, 0.25) is 17.5 Å². The lowest BCUT2D eigenvalue weighted by Gasteiger charge is -2.35. The maximum Gasteiger partial charge on any atom is 0.236 e. The maximum absolute atomic E-state index is 9.53. The van der Waals surface area contributed by atoms with Crippen LogP contribution in [-0.2, 0) is 6.61 Å². The molecule has 1 aliphatic heterocycles. The number of rotatable bonds is 8. The Morgan fingerprint density at radius 2 is 1.50 bits per heavy atom. The second kappa shape index (κ2) is 9.96. The third-order valence-corrected chi connectivity index (χ3v) is 5.26. The molecule has 0 saturated carbocycles. The van der Waals surface area contributed by atoms with E-state index in [4.69, 9.17) is 18.6 Å². The number of hydrogen-bond donors (Lipinski definition) is 0. The fourth-order valence-corrected chi connectivity index (χ4v) is 3.61. The lowest BCUT2D eigenvalue weighted by molar-refractivity contribution is 0.262. The molecule has 0 atom stereocenters. The number of benzene rings is 2. The summed E-state index contributed by atoms with van der Waals surface area (Å²) < 4.78 is 22.3. The molecule has 0 aliphatic carbocycles. The van der Waals surface area contributed by atoms with E-state index >= 15 is 0 Å². The van der Waals surface area contributed by atoms with Crippen LogP contribution in [0.3, 0.4) is 0 Å². The van der Waals surface area contributed by atoms with E-state index in [0.717, 1.165) is 43.4 Å². The molecule has 4 rings (SSSR count). The minimum Gasteiger partial charge on any atom is -0.497 e. The maximum atomic E-state index is 9.53. The van der Waals surface area contributed by atoms with Crippen molar-refractivity contribution >= 4 is 11.6 Å². The van der Waals surface area contributed by atoms with Crippen molar-refractivity contribution in [3.8, 4) is 23.3 Å². The number of nitriles is 1. The van der Waals surface area contributed by atoms with E-state index in [0.29, 0.717) is 24.1 Å². The second-order valence-electron chi connectivity index (χ2n) is 7.24. The molecule has 0 unspecified atom stereocenters. The standard InChI is InChI=1S/C24H26N4O4/c1-3-30-20-8-10-21(11-9-20)31-17-23-26-22(16-25)24(32-23)28-14-12-27(13-15-28)18-4-6-19(29-2)7-5-18/h4-11H,3,12-15,17H2,1-2H3. The third kappa shape index (κ3) is 4.89. The van der Waals surface area contributed by atoms with Crippen LogP contribution in [0.5, 0.6) is 17.2 Å². The predicted molar refractivity (Wildman–Crippen MR) is 121 cm³/mol. The number of ether oxygens (including phenoxy) is 3. The quantitative estimate of drug-likeness (QED) is 0.529. The smallest absolute Gasteiger partial charge is 0.236 e. The van der Waals surface area contributed by atoms with E-state index < -0.39 is 0 Å². The van der Waals surface area contributed by atoms with Crippen LogP contribution < -0.4 is 24.0 Å². The van der Waals surface area contributed by atoms with Crippen molar-refractivity contribution in [2.24, 2.45) is 0 Å². The van der Waals surface area contributed by atoms with Gasteiger partial charge in [-0.15, -0.1) is 0 Å². The van der Waals surface area contributed by atoms with Gasteiger partial charge in [0.25, 0.3) is 0 Å². The van der Waals surface area contributed by atoms with E-state index in [-0.39, 0.29) is 12.3 Å². The fourth-order valence-electron chi connectivity index (χ4n) is 3.61. The third-order valence-electron chi connectivity index (χ3n) is 5.26. The molecular weight excluding hydrogens is 408 g/mol. The Morgan fingerprint density at radius 1 is 0.906 bits per heavy atom. The number of nitrogens with zero attached hydrogens (tertiary/aromatic N) is 4. The Hall–Kier alpha value is -3.86. The average Bonchev–Trinajstić information content (AvgIpc) is 3.27. The zero-order valence-corrected chi connectivity index (χ0v) is 18.3. The van der Waals surface area contributed by atoms with Gasteiger partial charge in [-0.25, -0.2) is 0 Å². The largest absolute Gasteiger partial charge is 0.497 e. The molecule has 0 bridgehead atoms. The lowest BCUT2D eigenvalue weighted by Crippen LogP contribution is -2.46. The van der Waals surface area contributed by atoms with E-state index in [9.17, 15) is 5.26 Å². The molecule has 1 aromatic heterocycles. The van der Waals surface area contributed by atoms with Crippen LogP contribution in [0.1, 0.15) is 18.5 Å². The highest BCUT2D eigenvalue weighted by atomic mass is 16.5. The first-order valence-electron chi connectivity index (χ1n) is 10.6. The normalized spacial score (nSPS) is 13.5. The van der Waals surface area contributed by atoms with Crippen LogP contribution in [0, 0.1) is 11.3 Å². The van der Waals surface area contributed by atoms with Crippen molar-refractivity contribution in [2.45, 2.75) is 13.5 Å². The first kappa shape index (κ1) is 21.4. The Bertz CT molecular complexity index is 1050. The van der Waals surface area contributed by atoms with Crippen molar-refractivity contribution in [3.63, 3.8) is 0 Å². The van der Waals surface area contributed by atoms with Gasteiger partial charge < -0.3 is 28.4 Å². The molecule has 8 nitrogen and oxygen atoms in total. The topological polar surface area (TPSA) is 84.0 Å². The highest BCUT2D eigenvalue weighted by Crippen LogP contribution is 2.26. The fraction of sp³-hybridized carbons (Fsp3) is 0.333. The summed E-state index contributed by atoms with van der Waals surface area (Å²) in [4.78, 5) is 8.68. The number of hydrogen-bond acceptors (Lipinski definition) is 8. The number of anilines is 2. The van der Waals surface area contributed by atoms with E-state index in [1.165, 1.54) is 0 Å². The molecule has 0 N–H and O–H groups in total. The molecule has 0 radical (unpaired) electrons. The molecule has 1 saturated heterocycles.